The second kappa shape index (κ2) is 25.6. The van der Waals surface area contributed by atoms with Crippen LogP contribution < -0.4 is 5.32 Å². The first-order chi connectivity index (χ1) is 33.6. The third-order valence-corrected chi connectivity index (χ3v) is 12.6. The van der Waals surface area contributed by atoms with Crippen molar-refractivity contribution in [2.75, 3.05) is 13.2 Å². The van der Waals surface area contributed by atoms with Crippen molar-refractivity contribution in [2.24, 2.45) is 5.92 Å². The number of carboxylic acids is 1. The molecule has 7 N–H and O–H groups in total. The molecule has 8 unspecified atom stereocenters. The van der Waals surface area contributed by atoms with Crippen LogP contribution in [0.5, 0.6) is 0 Å². The number of esters is 1. The molecular weight excluding hydrogens is 921 g/mol. The number of aliphatic carboxylic acids is 1. The van der Waals surface area contributed by atoms with E-state index in [2.05, 4.69) is 15.6 Å². The van der Waals surface area contributed by atoms with Crippen molar-refractivity contribution in [2.45, 2.75) is 159 Å². The van der Waals surface area contributed by atoms with Crippen LogP contribution in [-0.4, -0.2) is 160 Å². The Kier molecular flexibility index (Phi) is 19.7. The summed E-state index contributed by atoms with van der Waals surface area (Å²) in [6.07, 6.45) is -11.0. The van der Waals surface area contributed by atoms with Crippen molar-refractivity contribution in [1.82, 2.24) is 24.9 Å². The number of rotatable bonds is 26. The van der Waals surface area contributed by atoms with Gasteiger partial charge >= 0.3 is 11.9 Å². The number of unbranched alkanes of at least 4 members (excludes halogenated alkanes) is 3. The van der Waals surface area contributed by atoms with Gasteiger partial charge in [0.1, 0.15) is 42.3 Å². The number of fused-ring (bicyclic) bond motifs is 1. The summed E-state index contributed by atoms with van der Waals surface area (Å²) in [6.45, 7) is 4.98. The summed E-state index contributed by atoms with van der Waals surface area (Å²) in [5, 5.41) is 86.9. The van der Waals surface area contributed by atoms with Crippen molar-refractivity contribution >= 4 is 34.4 Å². The minimum atomic E-state index is -1.72. The zero-order valence-electron chi connectivity index (χ0n) is 39.3. The SMILES string of the molecule is CCCCCC[C@H](OC1C(OC(=O)c2ccccc2)[C@H](OCC(O[C@@H]2OC(C)[C@@H](O)C(O)C2O)C(C)CCC(=O)NCc2cn(CCn3ccc4cc([N+](=O)[O-])ccc43)nn2)OC(CO)[C@@H]1O)C(=O)O. The second-order valence-corrected chi connectivity index (χ2v) is 17.7. The normalized spacial score (nSPS) is 26.1. The predicted octanol–water partition coefficient (Wildman–Crippen LogP) is 2.22. The molecule has 4 heterocycles. The smallest absolute Gasteiger partial charge is 0.338 e. The maximum atomic E-state index is 13.6. The van der Waals surface area contributed by atoms with Crippen molar-refractivity contribution < 1.29 is 78.4 Å². The number of hydrogen-bond acceptors (Lipinski definition) is 18. The van der Waals surface area contributed by atoms with Crippen LogP contribution in [0.3, 0.4) is 0 Å². The zero-order chi connectivity index (χ0) is 50.5. The van der Waals surface area contributed by atoms with Gasteiger partial charge in [0.05, 0.1) is 55.2 Å². The number of nitro benzene ring substituents is 1. The Labute approximate surface area is 403 Å². The molecule has 2 aromatic heterocycles. The number of amides is 1. The standard InChI is InChI=1S/C47H64N6O17/c1-4-5-6-10-13-34(44(60)61)67-42-39(57)35(25-54)68-47(43(42)70-45(62)29-11-8-7-9-12-29)65-26-36(69-46-41(59)40(58)38(56)28(3)66-46)27(2)14-17-37(55)48-23-31-24-52(50-49-31)21-20-51-19-18-30-22-32(53(63)64)15-16-33(30)51/h7-9,11-12,15-16,18-19,22,24,27-28,34-36,38-43,46-47,54,56-59H,4-6,10,13-14,17,20-21,23,25-26H2,1-3H3,(H,48,55)(H,60,61)/t27?,28?,34-,35?,36?,38+,39-,40?,41?,42?,43?,46-,47+/m0/s1. The van der Waals surface area contributed by atoms with Gasteiger partial charge in [-0.3, -0.25) is 19.6 Å². The molecule has 2 fully saturated rings. The first kappa shape index (κ1) is 53.9. The van der Waals surface area contributed by atoms with Gasteiger partial charge in [0.15, 0.2) is 24.8 Å². The molecule has 2 saturated heterocycles. The van der Waals surface area contributed by atoms with E-state index in [1.807, 2.05) is 17.7 Å². The molecule has 0 spiro atoms. The highest BCUT2D eigenvalue weighted by atomic mass is 16.7. The monoisotopic (exact) mass is 984 g/mol. The largest absolute Gasteiger partial charge is 0.479 e. The highest BCUT2D eigenvalue weighted by Gasteiger charge is 2.51. The van der Waals surface area contributed by atoms with Crippen LogP contribution in [-0.2, 0) is 57.6 Å². The number of carbonyl (C=O) groups excluding carboxylic acids is 2. The molecule has 23 nitrogen and oxygen atoms in total. The molecule has 0 bridgehead atoms. The van der Waals surface area contributed by atoms with Crippen molar-refractivity contribution in [3.63, 3.8) is 0 Å². The number of aryl methyl sites for hydroxylation is 2. The van der Waals surface area contributed by atoms with E-state index in [1.54, 1.807) is 48.1 Å². The maximum absolute atomic E-state index is 13.6. The summed E-state index contributed by atoms with van der Waals surface area (Å²) in [4.78, 5) is 50.0. The van der Waals surface area contributed by atoms with Crippen molar-refractivity contribution in [3.8, 4) is 0 Å². The number of ether oxygens (including phenoxy) is 6. The van der Waals surface area contributed by atoms with Gasteiger partial charge in [-0.15, -0.1) is 5.10 Å². The molecule has 0 saturated carbocycles. The summed E-state index contributed by atoms with van der Waals surface area (Å²) in [5.41, 5.74) is 1.42. The van der Waals surface area contributed by atoms with Crippen molar-refractivity contribution in [1.29, 1.82) is 0 Å². The quantitative estimate of drug-likeness (QED) is 0.0205. The maximum Gasteiger partial charge on any atom is 0.338 e. The highest BCUT2D eigenvalue weighted by molar-refractivity contribution is 5.89. The topological polar surface area (TPSA) is 319 Å². The number of nitrogens with zero attached hydrogens (tertiary/aromatic N) is 5. The fraction of sp³-hybridized carbons (Fsp3) is 0.596. The summed E-state index contributed by atoms with van der Waals surface area (Å²) >= 11 is 0. The van der Waals surface area contributed by atoms with E-state index in [4.69, 9.17) is 28.4 Å². The summed E-state index contributed by atoms with van der Waals surface area (Å²) in [5.74, 6) is -3.14. The summed E-state index contributed by atoms with van der Waals surface area (Å²) in [6, 6.07) is 14.3. The molecule has 2 aliphatic rings. The van der Waals surface area contributed by atoms with Gasteiger partial charge in [0, 0.05) is 42.2 Å². The molecule has 384 valence electrons. The first-order valence-electron chi connectivity index (χ1n) is 23.5. The van der Waals surface area contributed by atoms with Gasteiger partial charge in [-0.1, -0.05) is 62.9 Å². The number of hydrogen-bond donors (Lipinski definition) is 7. The van der Waals surface area contributed by atoms with Crippen LogP contribution in [0.15, 0.2) is 67.0 Å². The van der Waals surface area contributed by atoms with Gasteiger partial charge in [-0.25, -0.2) is 9.59 Å². The summed E-state index contributed by atoms with van der Waals surface area (Å²) in [7, 11) is 0. The number of aromatic nitrogens is 4. The van der Waals surface area contributed by atoms with Crippen LogP contribution >= 0.6 is 0 Å². The molecule has 23 heteroatoms. The lowest BCUT2D eigenvalue weighted by atomic mass is 9.96. The Morgan fingerprint density at radius 2 is 1.69 bits per heavy atom. The van der Waals surface area contributed by atoms with Gasteiger partial charge in [0.25, 0.3) is 5.69 Å². The highest BCUT2D eigenvalue weighted by Crippen LogP contribution is 2.32. The minimum absolute atomic E-state index is 0.00137. The van der Waals surface area contributed by atoms with Gasteiger partial charge < -0.3 is 68.9 Å². The third kappa shape index (κ3) is 14.1. The predicted molar refractivity (Wildman–Crippen MR) is 244 cm³/mol. The van der Waals surface area contributed by atoms with Crippen LogP contribution in [0.25, 0.3) is 10.9 Å². The molecule has 13 atom stereocenters. The van der Waals surface area contributed by atoms with Crippen molar-refractivity contribution in [3.05, 3.63) is 88.4 Å². The van der Waals surface area contributed by atoms with Gasteiger partial charge in [-0.05, 0) is 49.9 Å². The fourth-order valence-electron chi connectivity index (χ4n) is 8.30. The third-order valence-electron chi connectivity index (χ3n) is 12.6. The number of aliphatic hydroxyl groups is 5. The second-order valence-electron chi connectivity index (χ2n) is 17.7. The lowest BCUT2D eigenvalue weighted by Gasteiger charge is -2.44. The Bertz CT molecular complexity index is 2320. The molecule has 2 aliphatic heterocycles. The molecule has 4 aromatic rings. The molecular formula is C47H64N6O17. The lowest BCUT2D eigenvalue weighted by Crippen LogP contribution is -2.62. The number of carbonyl (C=O) groups is 3. The first-order valence-corrected chi connectivity index (χ1v) is 23.5. The number of non-ortho nitro benzene ring substituents is 1. The van der Waals surface area contributed by atoms with Crippen LogP contribution in [0.4, 0.5) is 5.69 Å². The zero-order valence-corrected chi connectivity index (χ0v) is 39.3. The molecule has 0 aliphatic carbocycles. The van der Waals surface area contributed by atoms with E-state index in [0.29, 0.717) is 25.2 Å². The number of benzene rings is 2. The number of carboxylic acid groups (broad SMARTS) is 1. The fourth-order valence-corrected chi connectivity index (χ4v) is 8.30. The number of nitrogens with one attached hydrogen (secondary N) is 1. The molecule has 2 aromatic carbocycles. The lowest BCUT2D eigenvalue weighted by molar-refractivity contribution is -0.384. The molecule has 6 rings (SSSR count). The Hall–Kier alpha value is -5.47. The number of aliphatic hydroxyl groups excluding tert-OH is 5. The van der Waals surface area contributed by atoms with Crippen LogP contribution in [0.1, 0.15) is 81.8 Å². The molecule has 1 amide bonds. The Morgan fingerprint density at radius 3 is 2.40 bits per heavy atom. The average Bonchev–Trinajstić information content (AvgIpc) is 4.00. The molecule has 0 radical (unpaired) electrons. The van der Waals surface area contributed by atoms with Gasteiger partial charge in [0.2, 0.25) is 5.91 Å². The molecule has 70 heavy (non-hydrogen) atoms. The van der Waals surface area contributed by atoms with E-state index in [0.717, 1.165) is 30.2 Å². The Balaban J connectivity index is 1.13. The van der Waals surface area contributed by atoms with Crippen LogP contribution in [0.2, 0.25) is 0 Å². The van der Waals surface area contributed by atoms with Crippen LogP contribution in [0, 0.1) is 16.0 Å². The van der Waals surface area contributed by atoms with E-state index >= 15 is 0 Å². The van der Waals surface area contributed by atoms with E-state index in [-0.39, 0.29) is 43.0 Å². The summed E-state index contributed by atoms with van der Waals surface area (Å²) < 4.78 is 39.7. The minimum Gasteiger partial charge on any atom is -0.479 e. The number of nitro groups is 1. The van der Waals surface area contributed by atoms with E-state index < -0.39 is 110 Å². The average molecular weight is 985 g/mol. The van der Waals surface area contributed by atoms with Gasteiger partial charge in [-0.2, -0.15) is 0 Å². The Morgan fingerprint density at radius 1 is 0.914 bits per heavy atom. The van der Waals surface area contributed by atoms with E-state index in [1.165, 1.54) is 31.2 Å². The van der Waals surface area contributed by atoms with E-state index in [9.17, 15) is 55.1 Å².